The van der Waals surface area contributed by atoms with Crippen molar-refractivity contribution in [2.24, 2.45) is 0 Å². The van der Waals surface area contributed by atoms with E-state index in [1.165, 1.54) is 81.6 Å². The minimum atomic E-state index is 1.16. The molecule has 0 unspecified atom stereocenters. The summed E-state index contributed by atoms with van der Waals surface area (Å²) in [5.74, 6) is 0. The Morgan fingerprint density at radius 2 is 0.936 bits per heavy atom. The highest BCUT2D eigenvalue weighted by Crippen LogP contribution is 2.48. The summed E-state index contributed by atoms with van der Waals surface area (Å²) in [7, 11) is 0. The van der Waals surface area contributed by atoms with Crippen molar-refractivity contribution in [3.8, 4) is 0 Å². The van der Waals surface area contributed by atoms with Gasteiger partial charge in [-0.05, 0) is 110 Å². The smallest absolute Gasteiger partial charge is 0.0554 e. The molecule has 0 fully saturated rings. The van der Waals surface area contributed by atoms with E-state index >= 15 is 0 Å². The van der Waals surface area contributed by atoms with Gasteiger partial charge in [-0.3, -0.25) is 0 Å². The number of hydrogen-bond donors (Lipinski definition) is 0. The Morgan fingerprint density at radius 1 is 0.383 bits per heavy atom. The van der Waals surface area contributed by atoms with Crippen LogP contribution in [0.15, 0.2) is 146 Å². The lowest BCUT2D eigenvalue weighted by Gasteiger charge is -2.28. The number of aryl methyl sites for hydroxylation is 4. The molecule has 47 heavy (non-hydrogen) atoms. The highest BCUT2D eigenvalue weighted by atomic mass is 32.1. The van der Waals surface area contributed by atoms with Gasteiger partial charge in [0, 0.05) is 54.0 Å². The maximum atomic E-state index is 2.44. The molecule has 0 aliphatic carbocycles. The van der Waals surface area contributed by atoms with E-state index in [9.17, 15) is 0 Å². The summed E-state index contributed by atoms with van der Waals surface area (Å²) in [5, 5.41) is 5.14. The Labute approximate surface area is 280 Å². The fourth-order valence-electron chi connectivity index (χ4n) is 6.93. The predicted molar refractivity (Wildman–Crippen MR) is 205 cm³/mol. The molecule has 0 aliphatic heterocycles. The average molecular weight is 625 g/mol. The molecule has 8 rings (SSSR count). The van der Waals surface area contributed by atoms with E-state index in [0.29, 0.717) is 0 Å². The number of benzene rings is 7. The van der Waals surface area contributed by atoms with Crippen LogP contribution in [-0.4, -0.2) is 0 Å². The lowest BCUT2D eigenvalue weighted by atomic mass is 10.00. The quantitative estimate of drug-likeness (QED) is 0.182. The molecule has 0 bridgehead atoms. The Balaban J connectivity index is 1.38. The Kier molecular flexibility index (Phi) is 7.27. The van der Waals surface area contributed by atoms with E-state index in [1.807, 2.05) is 11.3 Å². The molecule has 8 aromatic rings. The second-order valence-electron chi connectivity index (χ2n) is 12.5. The maximum Gasteiger partial charge on any atom is 0.0554 e. The van der Waals surface area contributed by atoms with Gasteiger partial charge in [0.25, 0.3) is 0 Å². The molecule has 0 amide bonds. The number of rotatable bonds is 6. The number of anilines is 6. The molecule has 228 valence electrons. The number of fused-ring (bicyclic) bond motifs is 5. The molecule has 0 radical (unpaired) electrons. The first-order valence-electron chi connectivity index (χ1n) is 16.2. The van der Waals surface area contributed by atoms with Gasteiger partial charge in [0.15, 0.2) is 0 Å². The summed E-state index contributed by atoms with van der Waals surface area (Å²) >= 11 is 1.88. The molecule has 0 aliphatic rings. The fraction of sp³-hybridized carbons (Fsp3) is 0.0909. The first kappa shape index (κ1) is 29.1. The third-order valence-electron chi connectivity index (χ3n) is 9.17. The van der Waals surface area contributed by atoms with Crippen molar-refractivity contribution < 1.29 is 0 Å². The van der Waals surface area contributed by atoms with Crippen LogP contribution in [0, 0.1) is 27.7 Å². The van der Waals surface area contributed by atoms with Gasteiger partial charge in [-0.1, -0.05) is 91.0 Å². The first-order chi connectivity index (χ1) is 23.0. The molecular weight excluding hydrogens is 589 g/mol. The van der Waals surface area contributed by atoms with E-state index in [4.69, 9.17) is 0 Å². The largest absolute Gasteiger partial charge is 0.310 e. The van der Waals surface area contributed by atoms with Crippen LogP contribution in [0.2, 0.25) is 0 Å². The predicted octanol–water partition coefficient (Wildman–Crippen LogP) is 13.4. The van der Waals surface area contributed by atoms with Crippen molar-refractivity contribution in [1.29, 1.82) is 0 Å². The molecule has 1 heterocycles. The van der Waals surface area contributed by atoms with E-state index in [1.54, 1.807) is 0 Å². The third kappa shape index (κ3) is 5.14. The molecule has 0 saturated carbocycles. The van der Waals surface area contributed by atoms with Crippen molar-refractivity contribution >= 4 is 76.4 Å². The average Bonchev–Trinajstić information content (AvgIpc) is 3.45. The Hall–Kier alpha value is -5.38. The summed E-state index contributed by atoms with van der Waals surface area (Å²) in [4.78, 5) is 4.84. The summed E-state index contributed by atoms with van der Waals surface area (Å²) in [6.07, 6.45) is 0. The fourth-order valence-corrected chi connectivity index (χ4v) is 8.12. The lowest BCUT2D eigenvalue weighted by molar-refractivity contribution is 1.25. The first-order valence-corrected chi connectivity index (χ1v) is 17.0. The molecule has 1 aromatic heterocycles. The van der Waals surface area contributed by atoms with Crippen LogP contribution in [0.5, 0.6) is 0 Å². The van der Waals surface area contributed by atoms with Gasteiger partial charge < -0.3 is 9.80 Å². The van der Waals surface area contributed by atoms with Crippen LogP contribution in [0.25, 0.3) is 30.9 Å². The lowest BCUT2D eigenvalue weighted by Crippen LogP contribution is -2.12. The normalized spacial score (nSPS) is 11.4. The van der Waals surface area contributed by atoms with Crippen LogP contribution in [-0.2, 0) is 0 Å². The topological polar surface area (TPSA) is 6.48 Å². The number of nitrogens with zero attached hydrogens (tertiary/aromatic N) is 2. The van der Waals surface area contributed by atoms with Crippen LogP contribution in [0.4, 0.5) is 34.1 Å². The molecule has 7 aromatic carbocycles. The molecular formula is C44H36N2S. The van der Waals surface area contributed by atoms with Crippen LogP contribution in [0.3, 0.4) is 0 Å². The molecule has 0 spiro atoms. The zero-order valence-corrected chi connectivity index (χ0v) is 28.0. The number of para-hydroxylation sites is 2. The van der Waals surface area contributed by atoms with Gasteiger partial charge in [-0.15, -0.1) is 11.3 Å². The minimum absolute atomic E-state index is 1.16. The Morgan fingerprint density at radius 3 is 1.57 bits per heavy atom. The van der Waals surface area contributed by atoms with Gasteiger partial charge in [-0.2, -0.15) is 0 Å². The zero-order chi connectivity index (χ0) is 32.1. The molecule has 0 atom stereocenters. The standard InChI is InChI=1S/C44H36N2S/c1-29-13-11-17-33(25-29)45(39-21-9-5-15-31(39)3)35-23-24-38-42(27-35)47-43-28-41(36-19-7-8-20-37(36)44(38)43)46(34-18-12-14-30(2)26-34)40-22-10-6-16-32(40)4/h5-28H,1-4H3. The second-order valence-corrected chi connectivity index (χ2v) is 13.6. The Bertz CT molecular complexity index is 2440. The second kappa shape index (κ2) is 11.8. The van der Waals surface area contributed by atoms with Gasteiger partial charge in [0.05, 0.1) is 5.69 Å². The maximum absolute atomic E-state index is 2.44. The van der Waals surface area contributed by atoms with Crippen molar-refractivity contribution in [2.45, 2.75) is 27.7 Å². The van der Waals surface area contributed by atoms with E-state index in [0.717, 1.165) is 5.69 Å². The molecule has 0 N–H and O–H groups in total. The van der Waals surface area contributed by atoms with Gasteiger partial charge in [0.1, 0.15) is 0 Å². The van der Waals surface area contributed by atoms with Crippen molar-refractivity contribution in [1.82, 2.24) is 0 Å². The van der Waals surface area contributed by atoms with Gasteiger partial charge in [-0.25, -0.2) is 0 Å². The monoisotopic (exact) mass is 624 g/mol. The van der Waals surface area contributed by atoms with Crippen LogP contribution in [0.1, 0.15) is 22.3 Å². The highest BCUT2D eigenvalue weighted by Gasteiger charge is 2.22. The SMILES string of the molecule is Cc1cccc(N(c2ccc3c(c2)sc2cc(N(c4cccc(C)c4)c4ccccc4C)c4ccccc4c23)c2ccccc2C)c1. The highest BCUT2D eigenvalue weighted by molar-refractivity contribution is 7.26. The summed E-state index contributed by atoms with van der Waals surface area (Å²) in [5.41, 5.74) is 12.0. The van der Waals surface area contributed by atoms with Crippen molar-refractivity contribution in [3.05, 3.63) is 168 Å². The molecule has 0 saturated heterocycles. The third-order valence-corrected chi connectivity index (χ3v) is 10.3. The summed E-state index contributed by atoms with van der Waals surface area (Å²) in [6, 6.07) is 53.3. The van der Waals surface area contributed by atoms with E-state index < -0.39 is 0 Å². The van der Waals surface area contributed by atoms with Gasteiger partial charge >= 0.3 is 0 Å². The van der Waals surface area contributed by atoms with Crippen LogP contribution < -0.4 is 9.80 Å². The number of thiophene rings is 1. The summed E-state index contributed by atoms with van der Waals surface area (Å²) in [6.45, 7) is 8.72. The molecule has 3 heteroatoms. The van der Waals surface area contributed by atoms with Crippen molar-refractivity contribution in [3.63, 3.8) is 0 Å². The van der Waals surface area contributed by atoms with Gasteiger partial charge in [0.2, 0.25) is 0 Å². The van der Waals surface area contributed by atoms with Crippen LogP contribution >= 0.6 is 11.3 Å². The van der Waals surface area contributed by atoms with E-state index in [-0.39, 0.29) is 0 Å². The van der Waals surface area contributed by atoms with Crippen molar-refractivity contribution in [2.75, 3.05) is 9.80 Å². The zero-order valence-electron chi connectivity index (χ0n) is 27.2. The molecule has 2 nitrogen and oxygen atoms in total. The minimum Gasteiger partial charge on any atom is -0.310 e. The summed E-state index contributed by atoms with van der Waals surface area (Å²) < 4.78 is 2.57. The van der Waals surface area contributed by atoms with E-state index in [2.05, 4.69) is 183 Å². The number of hydrogen-bond acceptors (Lipinski definition) is 3.